The number of halogens is 1. The zero-order valence-electron chi connectivity index (χ0n) is 16.3. The third kappa shape index (κ3) is 4.42. The van der Waals surface area contributed by atoms with Crippen LogP contribution in [0.25, 0.3) is 11.3 Å². The average Bonchev–Trinajstić information content (AvgIpc) is 2.80. The van der Waals surface area contributed by atoms with Crippen LogP contribution < -0.4 is 10.2 Å². The number of hydrogen-bond acceptors (Lipinski definition) is 5. The molecule has 0 atom stereocenters. The van der Waals surface area contributed by atoms with Crippen LogP contribution in [0.4, 0.5) is 11.5 Å². The van der Waals surface area contributed by atoms with Crippen molar-refractivity contribution in [3.63, 3.8) is 0 Å². The molecule has 1 N–H and O–H groups in total. The summed E-state index contributed by atoms with van der Waals surface area (Å²) >= 11 is 6.01. The minimum absolute atomic E-state index is 0.0823. The molecule has 2 heterocycles. The number of anilines is 2. The fourth-order valence-corrected chi connectivity index (χ4v) is 3.78. The number of carbonyl (C=O) groups excluding carboxylic acids is 1. The van der Waals surface area contributed by atoms with E-state index in [4.69, 9.17) is 11.6 Å². The van der Waals surface area contributed by atoms with E-state index in [1.807, 2.05) is 36.4 Å². The topological polar surface area (TPSA) is 81.9 Å². The predicted octanol–water partition coefficient (Wildman–Crippen LogP) is 4.52. The molecular weight excluding hydrogens is 398 g/mol. The first-order valence-corrected chi connectivity index (χ1v) is 10.1. The van der Waals surface area contributed by atoms with Crippen LogP contribution >= 0.6 is 11.6 Å². The predicted molar refractivity (Wildman–Crippen MR) is 117 cm³/mol. The Morgan fingerprint density at radius 2 is 1.87 bits per heavy atom. The zero-order chi connectivity index (χ0) is 20.9. The van der Waals surface area contributed by atoms with Gasteiger partial charge in [-0.15, -0.1) is 0 Å². The number of nitriles is 1. The number of rotatable bonds is 4. The van der Waals surface area contributed by atoms with Crippen LogP contribution in [0.3, 0.4) is 0 Å². The molecule has 0 radical (unpaired) electrons. The number of hydrogen-bond donors (Lipinski definition) is 1. The molecule has 0 saturated carbocycles. The molecular formula is C23H20ClN5O. The van der Waals surface area contributed by atoms with E-state index in [0.717, 1.165) is 30.2 Å². The SMILES string of the molecule is N#Cc1ccc(Cl)cc1NC(=O)C1CCN(c2cc(-c3ccccc3)ncn2)CC1. The van der Waals surface area contributed by atoms with Gasteiger partial charge in [0.1, 0.15) is 18.2 Å². The molecule has 0 aliphatic carbocycles. The Balaban J connectivity index is 1.40. The van der Waals surface area contributed by atoms with Gasteiger partial charge in [0, 0.05) is 35.7 Å². The first-order valence-electron chi connectivity index (χ1n) is 9.77. The highest BCUT2D eigenvalue weighted by Gasteiger charge is 2.26. The lowest BCUT2D eigenvalue weighted by Crippen LogP contribution is -2.38. The maximum absolute atomic E-state index is 12.7. The number of nitrogens with one attached hydrogen (secondary N) is 1. The highest BCUT2D eigenvalue weighted by molar-refractivity contribution is 6.31. The Morgan fingerprint density at radius 3 is 2.60 bits per heavy atom. The van der Waals surface area contributed by atoms with Crippen molar-refractivity contribution < 1.29 is 4.79 Å². The second-order valence-corrected chi connectivity index (χ2v) is 7.62. The molecule has 1 aliphatic rings. The Bertz CT molecular complexity index is 1090. The number of amides is 1. The molecule has 0 spiro atoms. The Morgan fingerprint density at radius 1 is 1.10 bits per heavy atom. The normalized spacial score (nSPS) is 14.2. The lowest BCUT2D eigenvalue weighted by molar-refractivity contribution is -0.120. The maximum Gasteiger partial charge on any atom is 0.227 e. The second-order valence-electron chi connectivity index (χ2n) is 7.18. The number of carbonyl (C=O) groups is 1. The fraction of sp³-hybridized carbons (Fsp3) is 0.217. The number of piperidine rings is 1. The number of benzene rings is 2. The van der Waals surface area contributed by atoms with Crippen molar-refractivity contribution in [2.45, 2.75) is 12.8 Å². The van der Waals surface area contributed by atoms with E-state index in [9.17, 15) is 10.1 Å². The van der Waals surface area contributed by atoms with Crippen LogP contribution in [0.5, 0.6) is 0 Å². The van der Waals surface area contributed by atoms with E-state index in [1.54, 1.807) is 24.5 Å². The lowest BCUT2D eigenvalue weighted by atomic mass is 9.95. The van der Waals surface area contributed by atoms with Crippen LogP contribution in [0.1, 0.15) is 18.4 Å². The summed E-state index contributed by atoms with van der Waals surface area (Å²) in [7, 11) is 0. The minimum Gasteiger partial charge on any atom is -0.356 e. The molecule has 0 unspecified atom stereocenters. The average molecular weight is 418 g/mol. The quantitative estimate of drug-likeness (QED) is 0.674. The number of aromatic nitrogens is 2. The van der Waals surface area contributed by atoms with Gasteiger partial charge in [-0.2, -0.15) is 5.26 Å². The van der Waals surface area contributed by atoms with Gasteiger partial charge in [0.15, 0.2) is 0 Å². The first-order chi connectivity index (χ1) is 14.6. The Labute approximate surface area is 180 Å². The summed E-state index contributed by atoms with van der Waals surface area (Å²) in [6, 6.07) is 18.9. The van der Waals surface area contributed by atoms with Crippen molar-refractivity contribution in [2.75, 3.05) is 23.3 Å². The van der Waals surface area contributed by atoms with Crippen molar-refractivity contribution >= 4 is 29.0 Å². The maximum atomic E-state index is 12.7. The van der Waals surface area contributed by atoms with Crippen molar-refractivity contribution in [3.05, 3.63) is 71.5 Å². The van der Waals surface area contributed by atoms with Crippen LogP contribution in [0.15, 0.2) is 60.9 Å². The third-order valence-electron chi connectivity index (χ3n) is 5.27. The molecule has 0 bridgehead atoms. The highest BCUT2D eigenvalue weighted by atomic mass is 35.5. The van der Waals surface area contributed by atoms with E-state index in [2.05, 4.69) is 26.3 Å². The van der Waals surface area contributed by atoms with Crippen molar-refractivity contribution in [2.24, 2.45) is 5.92 Å². The van der Waals surface area contributed by atoms with E-state index < -0.39 is 0 Å². The molecule has 150 valence electrons. The van der Waals surface area contributed by atoms with Gasteiger partial charge in [-0.1, -0.05) is 41.9 Å². The standard InChI is InChI=1S/C23H20ClN5O/c24-19-7-6-18(14-25)21(12-19)28-23(30)17-8-10-29(11-9-17)22-13-20(26-15-27-22)16-4-2-1-3-5-16/h1-7,12-13,15,17H,8-11H2,(H,28,30). The summed E-state index contributed by atoms with van der Waals surface area (Å²) < 4.78 is 0. The van der Waals surface area contributed by atoms with Gasteiger partial charge < -0.3 is 10.2 Å². The molecule has 4 rings (SSSR count). The van der Waals surface area contributed by atoms with E-state index in [-0.39, 0.29) is 11.8 Å². The first kappa shape index (κ1) is 19.9. The van der Waals surface area contributed by atoms with E-state index >= 15 is 0 Å². The summed E-state index contributed by atoms with van der Waals surface area (Å²) in [5, 5.41) is 12.6. The van der Waals surface area contributed by atoms with Gasteiger partial charge in [0.2, 0.25) is 5.91 Å². The molecule has 1 aromatic heterocycles. The molecule has 30 heavy (non-hydrogen) atoms. The van der Waals surface area contributed by atoms with Crippen molar-refractivity contribution in [1.82, 2.24) is 9.97 Å². The van der Waals surface area contributed by atoms with Gasteiger partial charge in [0.25, 0.3) is 0 Å². The van der Waals surface area contributed by atoms with Crippen LogP contribution in [-0.2, 0) is 4.79 Å². The van der Waals surface area contributed by atoms with Crippen molar-refractivity contribution in [1.29, 1.82) is 5.26 Å². The smallest absolute Gasteiger partial charge is 0.227 e. The van der Waals surface area contributed by atoms with Crippen molar-refractivity contribution in [3.8, 4) is 17.3 Å². The number of nitrogens with zero attached hydrogens (tertiary/aromatic N) is 4. The van der Waals surface area contributed by atoms with Crippen LogP contribution in [0.2, 0.25) is 5.02 Å². The van der Waals surface area contributed by atoms with E-state index in [1.165, 1.54) is 0 Å². The highest BCUT2D eigenvalue weighted by Crippen LogP contribution is 2.27. The largest absolute Gasteiger partial charge is 0.356 e. The second kappa shape index (κ2) is 8.93. The summed E-state index contributed by atoms with van der Waals surface area (Å²) in [5.74, 6) is 0.660. The van der Waals surface area contributed by atoms with E-state index in [0.29, 0.717) is 29.1 Å². The summed E-state index contributed by atoms with van der Waals surface area (Å²) in [6.07, 6.45) is 3.00. The molecule has 1 fully saturated rings. The van der Waals surface area contributed by atoms with Crippen LogP contribution in [0, 0.1) is 17.2 Å². The van der Waals surface area contributed by atoms with Gasteiger partial charge in [-0.05, 0) is 31.0 Å². The van der Waals surface area contributed by atoms with Gasteiger partial charge in [-0.25, -0.2) is 9.97 Å². The molecule has 1 saturated heterocycles. The Hall–Kier alpha value is -3.43. The summed E-state index contributed by atoms with van der Waals surface area (Å²) in [6.45, 7) is 1.45. The summed E-state index contributed by atoms with van der Waals surface area (Å²) in [4.78, 5) is 23.7. The molecule has 1 amide bonds. The minimum atomic E-state index is -0.123. The molecule has 7 heteroatoms. The molecule has 2 aromatic carbocycles. The van der Waals surface area contributed by atoms with Gasteiger partial charge >= 0.3 is 0 Å². The lowest BCUT2D eigenvalue weighted by Gasteiger charge is -2.32. The van der Waals surface area contributed by atoms with Gasteiger partial charge in [0.05, 0.1) is 16.9 Å². The third-order valence-corrected chi connectivity index (χ3v) is 5.51. The Kier molecular flexibility index (Phi) is 5.92. The summed E-state index contributed by atoms with van der Waals surface area (Å²) in [5.41, 5.74) is 2.79. The molecule has 1 aliphatic heterocycles. The molecule has 3 aromatic rings. The zero-order valence-corrected chi connectivity index (χ0v) is 17.0. The fourth-order valence-electron chi connectivity index (χ4n) is 3.61. The van der Waals surface area contributed by atoms with Crippen LogP contribution in [-0.4, -0.2) is 29.0 Å². The molecule has 6 nitrogen and oxygen atoms in total. The monoisotopic (exact) mass is 417 g/mol. The van der Waals surface area contributed by atoms with Gasteiger partial charge in [-0.3, -0.25) is 4.79 Å².